The lowest BCUT2D eigenvalue weighted by Gasteiger charge is -2.08. The van der Waals surface area contributed by atoms with Crippen LogP contribution in [0.3, 0.4) is 0 Å². The van der Waals surface area contributed by atoms with Crippen LogP contribution in [-0.4, -0.2) is 0 Å². The van der Waals surface area contributed by atoms with Gasteiger partial charge in [0.1, 0.15) is 0 Å². The molecule has 0 saturated heterocycles. The number of halogens is 4. The molecule has 2 rings (SSSR count). The first kappa shape index (κ1) is 17.5. The predicted molar refractivity (Wildman–Crippen MR) is 84.2 cm³/mol. The summed E-state index contributed by atoms with van der Waals surface area (Å²) in [5, 5.41) is 0. The van der Waals surface area contributed by atoms with Crippen molar-refractivity contribution >= 4 is 0 Å². The van der Waals surface area contributed by atoms with Crippen LogP contribution in [0.25, 0.3) is 11.1 Å². The van der Waals surface area contributed by atoms with E-state index >= 15 is 0 Å². The molecule has 0 atom stereocenters. The van der Waals surface area contributed by atoms with Crippen LogP contribution < -0.4 is 0 Å². The van der Waals surface area contributed by atoms with Crippen LogP contribution >= 0.6 is 0 Å². The number of aryl methyl sites for hydroxylation is 1. The van der Waals surface area contributed by atoms with Crippen molar-refractivity contribution in [2.24, 2.45) is 0 Å². The Hall–Kier alpha value is -1.84. The maximum atomic E-state index is 13.8. The molecular weight excluding hydrogens is 304 g/mol. The fourth-order valence-electron chi connectivity index (χ4n) is 2.60. The molecule has 2 aromatic carbocycles. The molecule has 0 aliphatic heterocycles. The molecule has 0 fully saturated rings. The van der Waals surface area contributed by atoms with Gasteiger partial charge in [-0.2, -0.15) is 0 Å². The van der Waals surface area contributed by atoms with Gasteiger partial charge >= 0.3 is 0 Å². The lowest BCUT2D eigenvalue weighted by atomic mass is 10.00. The van der Waals surface area contributed by atoms with E-state index in [0.29, 0.717) is 0 Å². The molecule has 0 amide bonds. The quantitative estimate of drug-likeness (QED) is 0.313. The second-order valence-electron chi connectivity index (χ2n) is 5.70. The third-order valence-electron chi connectivity index (χ3n) is 3.92. The van der Waals surface area contributed by atoms with E-state index in [1.807, 2.05) is 0 Å². The number of hydrogen-bond acceptors (Lipinski definition) is 0. The van der Waals surface area contributed by atoms with Gasteiger partial charge in [0.15, 0.2) is 23.3 Å². The molecule has 0 spiro atoms. The lowest BCUT2D eigenvalue weighted by molar-refractivity contribution is 0.458. The number of benzene rings is 2. The minimum Gasteiger partial charge on any atom is -0.204 e. The Bertz CT molecular complexity index is 621. The molecule has 0 aromatic heterocycles. The van der Waals surface area contributed by atoms with E-state index in [1.165, 1.54) is 31.4 Å². The van der Waals surface area contributed by atoms with Crippen molar-refractivity contribution in [3.8, 4) is 11.1 Å². The van der Waals surface area contributed by atoms with E-state index in [-0.39, 0.29) is 11.6 Å². The molecule has 124 valence electrons. The van der Waals surface area contributed by atoms with Crippen LogP contribution in [0.15, 0.2) is 30.3 Å². The third-order valence-corrected chi connectivity index (χ3v) is 3.92. The van der Waals surface area contributed by atoms with Crippen molar-refractivity contribution < 1.29 is 17.6 Å². The molecule has 0 aliphatic carbocycles. The first-order valence-corrected chi connectivity index (χ1v) is 7.97. The van der Waals surface area contributed by atoms with Gasteiger partial charge in [0.25, 0.3) is 0 Å². The Labute approximate surface area is 134 Å². The minimum absolute atomic E-state index is 0.133. The van der Waals surface area contributed by atoms with Crippen molar-refractivity contribution in [2.75, 3.05) is 0 Å². The maximum absolute atomic E-state index is 13.8. The minimum atomic E-state index is -1.39. The van der Waals surface area contributed by atoms with Crippen molar-refractivity contribution in [3.63, 3.8) is 0 Å². The fourth-order valence-corrected chi connectivity index (χ4v) is 2.60. The normalized spacial score (nSPS) is 11.0. The molecular formula is C19H20F4. The van der Waals surface area contributed by atoms with Crippen molar-refractivity contribution in [3.05, 3.63) is 59.2 Å². The maximum Gasteiger partial charge on any atom is 0.169 e. The summed E-state index contributed by atoms with van der Waals surface area (Å²) in [6.07, 6.45) is 6.70. The van der Waals surface area contributed by atoms with E-state index in [2.05, 4.69) is 6.92 Å². The average Bonchev–Trinajstić information content (AvgIpc) is 2.54. The second-order valence-corrected chi connectivity index (χ2v) is 5.70. The highest BCUT2D eigenvalue weighted by molar-refractivity contribution is 5.65. The van der Waals surface area contributed by atoms with Crippen LogP contribution in [0.1, 0.15) is 44.6 Å². The van der Waals surface area contributed by atoms with E-state index in [4.69, 9.17) is 0 Å². The summed E-state index contributed by atoms with van der Waals surface area (Å²) in [6.45, 7) is 2.16. The Morgan fingerprint density at radius 1 is 0.739 bits per heavy atom. The van der Waals surface area contributed by atoms with E-state index < -0.39 is 28.8 Å². The van der Waals surface area contributed by atoms with Gasteiger partial charge in [-0.25, -0.2) is 17.6 Å². The molecule has 0 radical (unpaired) electrons. The van der Waals surface area contributed by atoms with Crippen molar-refractivity contribution in [1.82, 2.24) is 0 Å². The smallest absolute Gasteiger partial charge is 0.169 e. The average molecular weight is 324 g/mol. The molecule has 4 heteroatoms. The summed E-state index contributed by atoms with van der Waals surface area (Å²) in [5.74, 6) is -5.51. The summed E-state index contributed by atoms with van der Waals surface area (Å²) in [6, 6.07) is 6.72. The van der Waals surface area contributed by atoms with Crippen molar-refractivity contribution in [2.45, 2.75) is 45.4 Å². The fraction of sp³-hybridized carbons (Fsp3) is 0.368. The standard InChI is InChI=1S/C19H20F4/c1-2-3-4-5-6-7-13-8-10-14(11-9-13)17-18(22)15(20)12-16(21)19(17)23/h8-12H,2-7H2,1H3. The zero-order valence-corrected chi connectivity index (χ0v) is 13.1. The van der Waals surface area contributed by atoms with E-state index in [0.717, 1.165) is 24.8 Å². The summed E-state index contributed by atoms with van der Waals surface area (Å²) < 4.78 is 54.1. The number of rotatable bonds is 7. The molecule has 0 unspecified atom stereocenters. The van der Waals surface area contributed by atoms with Gasteiger partial charge in [-0.05, 0) is 24.0 Å². The Morgan fingerprint density at radius 3 is 1.87 bits per heavy atom. The van der Waals surface area contributed by atoms with Crippen LogP contribution in [0.4, 0.5) is 17.6 Å². The first-order chi connectivity index (χ1) is 11.0. The Morgan fingerprint density at radius 2 is 1.30 bits per heavy atom. The van der Waals surface area contributed by atoms with E-state index in [1.54, 1.807) is 12.1 Å². The van der Waals surface area contributed by atoms with Gasteiger partial charge < -0.3 is 0 Å². The van der Waals surface area contributed by atoms with E-state index in [9.17, 15) is 17.6 Å². The molecule has 0 bridgehead atoms. The Balaban J connectivity index is 2.11. The van der Waals surface area contributed by atoms with Gasteiger partial charge in [-0.15, -0.1) is 0 Å². The summed E-state index contributed by atoms with van der Waals surface area (Å²) in [5.41, 5.74) is 0.521. The Kier molecular flexibility index (Phi) is 6.20. The largest absolute Gasteiger partial charge is 0.204 e. The van der Waals surface area contributed by atoms with Gasteiger partial charge in [0.05, 0.1) is 5.56 Å². The van der Waals surface area contributed by atoms with Gasteiger partial charge in [-0.1, -0.05) is 56.9 Å². The number of hydrogen-bond donors (Lipinski definition) is 0. The molecule has 0 aliphatic rings. The molecule has 0 N–H and O–H groups in total. The SMILES string of the molecule is CCCCCCCc1ccc(-c2c(F)c(F)cc(F)c2F)cc1. The molecule has 23 heavy (non-hydrogen) atoms. The third kappa shape index (κ3) is 4.34. The van der Waals surface area contributed by atoms with Gasteiger partial charge in [-0.3, -0.25) is 0 Å². The topological polar surface area (TPSA) is 0 Å². The second kappa shape index (κ2) is 8.14. The van der Waals surface area contributed by atoms with Crippen LogP contribution in [0, 0.1) is 23.3 Å². The van der Waals surface area contributed by atoms with Crippen LogP contribution in [0.5, 0.6) is 0 Å². The summed E-state index contributed by atoms with van der Waals surface area (Å²) in [7, 11) is 0. The summed E-state index contributed by atoms with van der Waals surface area (Å²) >= 11 is 0. The van der Waals surface area contributed by atoms with Crippen LogP contribution in [0.2, 0.25) is 0 Å². The number of unbranched alkanes of at least 4 members (excludes halogenated alkanes) is 4. The summed E-state index contributed by atoms with van der Waals surface area (Å²) in [4.78, 5) is 0. The predicted octanol–water partition coefficient (Wildman–Crippen LogP) is 6.42. The molecule has 0 heterocycles. The first-order valence-electron chi connectivity index (χ1n) is 7.97. The molecule has 0 saturated carbocycles. The highest BCUT2D eigenvalue weighted by Crippen LogP contribution is 2.29. The van der Waals surface area contributed by atoms with Crippen molar-refractivity contribution in [1.29, 1.82) is 0 Å². The van der Waals surface area contributed by atoms with Gasteiger partial charge in [0.2, 0.25) is 0 Å². The monoisotopic (exact) mass is 324 g/mol. The molecule has 0 nitrogen and oxygen atoms in total. The zero-order valence-electron chi connectivity index (χ0n) is 13.1. The van der Waals surface area contributed by atoms with Gasteiger partial charge in [0, 0.05) is 6.07 Å². The van der Waals surface area contributed by atoms with Crippen LogP contribution in [-0.2, 0) is 6.42 Å². The lowest BCUT2D eigenvalue weighted by Crippen LogP contribution is -1.98. The highest BCUT2D eigenvalue weighted by Gasteiger charge is 2.20. The zero-order chi connectivity index (χ0) is 16.8. The molecule has 2 aromatic rings. The highest BCUT2D eigenvalue weighted by atomic mass is 19.2.